The van der Waals surface area contributed by atoms with E-state index in [9.17, 15) is 9.90 Å². The lowest BCUT2D eigenvalue weighted by Crippen LogP contribution is -2.20. The Morgan fingerprint density at radius 1 is 1.21 bits per heavy atom. The molecule has 3 unspecified atom stereocenters. The Kier molecular flexibility index (Phi) is 2.36. The summed E-state index contributed by atoms with van der Waals surface area (Å²) in [7, 11) is 0. The van der Waals surface area contributed by atoms with Gasteiger partial charge in [-0.15, -0.1) is 0 Å². The number of nitrogens with zero attached hydrogens (tertiary/aromatic N) is 1. The van der Waals surface area contributed by atoms with Crippen LogP contribution < -0.4 is 10.2 Å². The summed E-state index contributed by atoms with van der Waals surface area (Å²) in [6.07, 6.45) is 3.11. The Balaban J connectivity index is 1.61. The van der Waals surface area contributed by atoms with Gasteiger partial charge in [0.2, 0.25) is 0 Å². The van der Waals surface area contributed by atoms with Gasteiger partial charge < -0.3 is 15.3 Å². The van der Waals surface area contributed by atoms with Crippen LogP contribution >= 0.6 is 0 Å². The molecule has 0 bridgehead atoms. The van der Waals surface area contributed by atoms with Gasteiger partial charge in [-0.05, 0) is 36.8 Å². The highest BCUT2D eigenvalue weighted by atomic mass is 16.3. The van der Waals surface area contributed by atoms with Crippen LogP contribution in [0.25, 0.3) is 0 Å². The van der Waals surface area contributed by atoms with E-state index >= 15 is 0 Å². The predicted octanol–water partition coefficient (Wildman–Crippen LogP) is 1.91. The summed E-state index contributed by atoms with van der Waals surface area (Å²) < 4.78 is 0. The normalized spacial score (nSPS) is 32.4. The minimum absolute atomic E-state index is 0.314. The van der Waals surface area contributed by atoms with Crippen LogP contribution in [0.15, 0.2) is 18.2 Å². The quantitative estimate of drug-likeness (QED) is 0.809. The fourth-order valence-corrected chi connectivity index (χ4v) is 3.88. The van der Waals surface area contributed by atoms with Crippen molar-refractivity contribution >= 4 is 17.3 Å². The molecule has 19 heavy (non-hydrogen) atoms. The van der Waals surface area contributed by atoms with Gasteiger partial charge in [-0.2, -0.15) is 0 Å². The number of hydrogen-bond donors (Lipinski definition) is 2. The second-order valence-corrected chi connectivity index (χ2v) is 6.02. The first-order valence-corrected chi connectivity index (χ1v) is 7.10. The zero-order valence-electron chi connectivity index (χ0n) is 10.8. The highest BCUT2D eigenvalue weighted by molar-refractivity contribution is 6.02. The highest BCUT2D eigenvalue weighted by Gasteiger charge is 2.36. The number of fused-ring (bicyclic) bond motifs is 2. The standard InChI is InChI=1S/C15H18N2O2/c18-14-12-5-4-11(6-13(12)16-15(14)19)17-7-9-2-1-3-10(9)8-17/h4-6,9-10,14,18H,1-3,7-8H2,(H,16,19). The Morgan fingerprint density at radius 3 is 2.68 bits per heavy atom. The van der Waals surface area contributed by atoms with Crippen molar-refractivity contribution in [1.29, 1.82) is 0 Å². The fourth-order valence-electron chi connectivity index (χ4n) is 3.88. The van der Waals surface area contributed by atoms with Crippen molar-refractivity contribution in [3.05, 3.63) is 23.8 Å². The summed E-state index contributed by atoms with van der Waals surface area (Å²) in [5, 5.41) is 12.5. The topological polar surface area (TPSA) is 52.6 Å². The molecule has 1 aromatic carbocycles. The molecule has 1 saturated heterocycles. The Bertz CT molecular complexity index is 531. The third kappa shape index (κ3) is 1.66. The largest absolute Gasteiger partial charge is 0.378 e. The molecule has 0 aromatic heterocycles. The molecule has 1 saturated carbocycles. The summed E-state index contributed by atoms with van der Waals surface area (Å²) in [4.78, 5) is 13.9. The van der Waals surface area contributed by atoms with Crippen LogP contribution in [0.1, 0.15) is 30.9 Å². The number of carbonyl (C=O) groups is 1. The average Bonchev–Trinajstić information content (AvgIpc) is 3.04. The lowest BCUT2D eigenvalue weighted by Gasteiger charge is -2.20. The summed E-state index contributed by atoms with van der Waals surface area (Å²) in [6.45, 7) is 2.28. The second-order valence-electron chi connectivity index (χ2n) is 6.02. The second kappa shape index (κ2) is 3.97. The predicted molar refractivity (Wildman–Crippen MR) is 73.1 cm³/mol. The number of benzene rings is 1. The number of nitrogens with one attached hydrogen (secondary N) is 1. The smallest absolute Gasteiger partial charge is 0.257 e. The lowest BCUT2D eigenvalue weighted by molar-refractivity contribution is -0.123. The summed E-state index contributed by atoms with van der Waals surface area (Å²) >= 11 is 0. The molecule has 3 atom stereocenters. The van der Waals surface area contributed by atoms with Crippen LogP contribution in [0.4, 0.5) is 11.4 Å². The summed E-state index contributed by atoms with van der Waals surface area (Å²) in [5.74, 6) is 1.40. The van der Waals surface area contributed by atoms with Crippen molar-refractivity contribution in [1.82, 2.24) is 0 Å². The van der Waals surface area contributed by atoms with Crippen molar-refractivity contribution in [2.75, 3.05) is 23.3 Å². The molecule has 4 nitrogen and oxygen atoms in total. The first kappa shape index (κ1) is 11.3. The van der Waals surface area contributed by atoms with E-state index < -0.39 is 6.10 Å². The minimum atomic E-state index is -0.998. The molecule has 1 amide bonds. The Hall–Kier alpha value is -1.55. The van der Waals surface area contributed by atoms with Gasteiger partial charge in [-0.25, -0.2) is 0 Å². The molecule has 2 N–H and O–H groups in total. The molecule has 100 valence electrons. The van der Waals surface area contributed by atoms with Crippen molar-refractivity contribution in [2.45, 2.75) is 25.4 Å². The fraction of sp³-hybridized carbons (Fsp3) is 0.533. The molecule has 2 heterocycles. The first-order valence-electron chi connectivity index (χ1n) is 7.10. The van der Waals surface area contributed by atoms with E-state index in [2.05, 4.69) is 10.2 Å². The van der Waals surface area contributed by atoms with Crippen molar-refractivity contribution in [3.63, 3.8) is 0 Å². The van der Waals surface area contributed by atoms with Crippen LogP contribution in [0.5, 0.6) is 0 Å². The molecule has 0 spiro atoms. The van der Waals surface area contributed by atoms with E-state index in [1.165, 1.54) is 24.9 Å². The van der Waals surface area contributed by atoms with Crippen LogP contribution in [-0.4, -0.2) is 24.1 Å². The maximum Gasteiger partial charge on any atom is 0.257 e. The summed E-state index contributed by atoms with van der Waals surface area (Å²) in [6, 6.07) is 5.91. The van der Waals surface area contributed by atoms with E-state index in [-0.39, 0.29) is 5.91 Å². The Morgan fingerprint density at radius 2 is 1.95 bits per heavy atom. The number of aliphatic hydroxyl groups is 1. The van der Waals surface area contributed by atoms with E-state index in [1.807, 2.05) is 18.2 Å². The van der Waals surface area contributed by atoms with E-state index in [1.54, 1.807) is 0 Å². The molecule has 4 heteroatoms. The molecular weight excluding hydrogens is 240 g/mol. The molecule has 2 fully saturated rings. The van der Waals surface area contributed by atoms with Crippen LogP contribution in [-0.2, 0) is 4.79 Å². The number of rotatable bonds is 1. The SMILES string of the molecule is O=C1Nc2cc(N3CC4CCCC4C3)ccc2C1O. The van der Waals surface area contributed by atoms with Gasteiger partial charge in [-0.1, -0.05) is 12.5 Å². The highest BCUT2D eigenvalue weighted by Crippen LogP contribution is 2.41. The van der Waals surface area contributed by atoms with Crippen LogP contribution in [0, 0.1) is 11.8 Å². The van der Waals surface area contributed by atoms with Gasteiger partial charge in [0, 0.05) is 30.0 Å². The number of amides is 1. The van der Waals surface area contributed by atoms with E-state index in [0.29, 0.717) is 5.56 Å². The van der Waals surface area contributed by atoms with Crippen molar-refractivity contribution in [2.24, 2.45) is 11.8 Å². The number of anilines is 2. The molecule has 2 aliphatic heterocycles. The first-order chi connectivity index (χ1) is 9.22. The van der Waals surface area contributed by atoms with E-state index in [4.69, 9.17) is 0 Å². The molecule has 1 aliphatic carbocycles. The maximum absolute atomic E-state index is 11.4. The van der Waals surface area contributed by atoms with Gasteiger partial charge in [0.05, 0.1) is 0 Å². The van der Waals surface area contributed by atoms with Gasteiger partial charge >= 0.3 is 0 Å². The number of carbonyl (C=O) groups excluding carboxylic acids is 1. The van der Waals surface area contributed by atoms with Gasteiger partial charge in [0.15, 0.2) is 6.10 Å². The zero-order chi connectivity index (χ0) is 13.0. The number of hydrogen-bond acceptors (Lipinski definition) is 3. The van der Waals surface area contributed by atoms with Gasteiger partial charge in [-0.3, -0.25) is 4.79 Å². The van der Waals surface area contributed by atoms with Crippen molar-refractivity contribution in [3.8, 4) is 0 Å². The third-order valence-corrected chi connectivity index (χ3v) is 4.93. The molecular formula is C15H18N2O2. The average molecular weight is 258 g/mol. The van der Waals surface area contributed by atoms with E-state index in [0.717, 1.165) is 30.6 Å². The third-order valence-electron chi connectivity index (χ3n) is 4.93. The molecule has 1 aromatic rings. The summed E-state index contributed by atoms with van der Waals surface area (Å²) in [5.41, 5.74) is 2.64. The molecule has 0 radical (unpaired) electrons. The zero-order valence-corrected chi connectivity index (χ0v) is 10.8. The minimum Gasteiger partial charge on any atom is -0.378 e. The van der Waals surface area contributed by atoms with Crippen LogP contribution in [0.2, 0.25) is 0 Å². The monoisotopic (exact) mass is 258 g/mol. The van der Waals surface area contributed by atoms with Crippen LogP contribution in [0.3, 0.4) is 0 Å². The lowest BCUT2D eigenvalue weighted by atomic mass is 10.0. The van der Waals surface area contributed by atoms with Gasteiger partial charge in [0.1, 0.15) is 0 Å². The molecule has 4 rings (SSSR count). The maximum atomic E-state index is 11.4. The molecule has 3 aliphatic rings. The Labute approximate surface area is 112 Å². The number of aliphatic hydroxyl groups excluding tert-OH is 1. The van der Waals surface area contributed by atoms with Gasteiger partial charge in [0.25, 0.3) is 5.91 Å². The van der Waals surface area contributed by atoms with Crippen molar-refractivity contribution < 1.29 is 9.90 Å².